The molecule has 98 valence electrons. The molecule has 0 saturated heterocycles. The first-order valence-corrected chi connectivity index (χ1v) is 6.94. The Kier molecular flexibility index (Phi) is 4.19. The molecule has 6 heteroatoms. The van der Waals surface area contributed by atoms with Gasteiger partial charge in [-0.05, 0) is 18.4 Å². The van der Waals surface area contributed by atoms with Crippen LogP contribution < -0.4 is 0 Å². The number of nitriles is 2. The summed E-state index contributed by atoms with van der Waals surface area (Å²) in [5.41, 5.74) is 0.721. The van der Waals surface area contributed by atoms with E-state index in [1.54, 1.807) is 23.9 Å². The predicted molar refractivity (Wildman–Crippen MR) is 74.2 cm³/mol. The lowest BCUT2D eigenvalue weighted by atomic mass is 10.1. The van der Waals surface area contributed by atoms with Gasteiger partial charge in [0.1, 0.15) is 12.1 Å². The van der Waals surface area contributed by atoms with Crippen molar-refractivity contribution >= 4 is 17.5 Å². The maximum absolute atomic E-state index is 12.1. The molecular weight excluding hydrogens is 272 g/mol. The zero-order chi connectivity index (χ0) is 14.5. The normalized spacial score (nSPS) is 9.75. The van der Waals surface area contributed by atoms with Crippen LogP contribution in [0.15, 0.2) is 35.5 Å². The van der Waals surface area contributed by atoms with Gasteiger partial charge in [0.05, 0.1) is 12.9 Å². The van der Waals surface area contributed by atoms with E-state index in [-0.39, 0.29) is 23.7 Å². The Balaban J connectivity index is 2.22. The van der Waals surface area contributed by atoms with Crippen LogP contribution in [-0.4, -0.2) is 21.6 Å². The van der Waals surface area contributed by atoms with Crippen molar-refractivity contribution in [2.45, 2.75) is 11.4 Å². The Morgan fingerprint density at radius 3 is 2.55 bits per heavy atom. The molecule has 0 atom stereocenters. The van der Waals surface area contributed by atoms with Crippen molar-refractivity contribution in [3.63, 3.8) is 0 Å². The number of thioether (sulfide) groups is 1. The van der Waals surface area contributed by atoms with Crippen molar-refractivity contribution in [2.24, 2.45) is 0 Å². The van der Waals surface area contributed by atoms with Crippen molar-refractivity contribution in [3.05, 3.63) is 47.5 Å². The summed E-state index contributed by atoms with van der Waals surface area (Å²) < 4.78 is 1.39. The fraction of sp³-hybridized carbons (Fsp3) is 0.143. The molecule has 1 aromatic heterocycles. The number of carbonyl (C=O) groups excluding carboxylic acids is 1. The van der Waals surface area contributed by atoms with Crippen molar-refractivity contribution in [1.82, 2.24) is 9.55 Å². The van der Waals surface area contributed by atoms with Crippen LogP contribution >= 0.6 is 11.8 Å². The highest BCUT2D eigenvalue weighted by Crippen LogP contribution is 2.16. The second-order valence-electron chi connectivity index (χ2n) is 3.94. The minimum atomic E-state index is -0.129. The lowest BCUT2D eigenvalue weighted by molar-refractivity contribution is 0.0971. The molecule has 0 saturated carbocycles. The van der Waals surface area contributed by atoms with Gasteiger partial charge >= 0.3 is 0 Å². The van der Waals surface area contributed by atoms with E-state index in [2.05, 4.69) is 4.98 Å². The molecule has 0 aliphatic rings. The summed E-state index contributed by atoms with van der Waals surface area (Å²) in [6.45, 7) is -0.00378. The minimum absolute atomic E-state index is 0.00378. The molecule has 1 heterocycles. The number of Topliss-reactive ketones (excluding diaryl/α,β-unsaturated/α-hetero) is 1. The topological polar surface area (TPSA) is 82.5 Å². The minimum Gasteiger partial charge on any atom is -0.313 e. The number of hydrogen-bond acceptors (Lipinski definition) is 5. The van der Waals surface area contributed by atoms with Crippen LogP contribution in [0.3, 0.4) is 0 Å². The van der Waals surface area contributed by atoms with E-state index in [1.807, 2.05) is 30.5 Å². The fourth-order valence-electron chi connectivity index (χ4n) is 1.72. The van der Waals surface area contributed by atoms with Crippen molar-refractivity contribution in [3.8, 4) is 12.1 Å². The first-order chi connectivity index (χ1) is 9.69. The van der Waals surface area contributed by atoms with Crippen molar-refractivity contribution in [1.29, 1.82) is 10.5 Å². The number of rotatable bonds is 4. The van der Waals surface area contributed by atoms with Crippen molar-refractivity contribution < 1.29 is 4.79 Å². The van der Waals surface area contributed by atoms with Crippen LogP contribution in [0.25, 0.3) is 0 Å². The van der Waals surface area contributed by atoms with E-state index < -0.39 is 0 Å². The molecule has 0 radical (unpaired) electrons. The van der Waals surface area contributed by atoms with Crippen LogP contribution in [0.1, 0.15) is 21.7 Å². The van der Waals surface area contributed by atoms with Gasteiger partial charge in [-0.25, -0.2) is 4.98 Å². The maximum atomic E-state index is 12.1. The smallest absolute Gasteiger partial charge is 0.182 e. The summed E-state index contributed by atoms with van der Waals surface area (Å²) in [5, 5.41) is 17.8. The van der Waals surface area contributed by atoms with Gasteiger partial charge < -0.3 is 4.57 Å². The number of benzene rings is 1. The molecule has 20 heavy (non-hydrogen) atoms. The molecule has 0 fully saturated rings. The second kappa shape index (κ2) is 6.05. The van der Waals surface area contributed by atoms with Crippen LogP contribution in [0, 0.1) is 22.7 Å². The summed E-state index contributed by atoms with van der Waals surface area (Å²) in [7, 11) is 0. The molecule has 5 nitrogen and oxygen atoms in total. The Morgan fingerprint density at radius 1 is 1.30 bits per heavy atom. The summed E-state index contributed by atoms with van der Waals surface area (Å²) in [6, 6.07) is 11.0. The van der Waals surface area contributed by atoms with Gasteiger partial charge in [0, 0.05) is 10.5 Å². The van der Waals surface area contributed by atoms with E-state index in [0.717, 1.165) is 4.90 Å². The molecule has 0 unspecified atom stereocenters. The van der Waals surface area contributed by atoms with Crippen LogP contribution in [-0.2, 0) is 6.54 Å². The Morgan fingerprint density at radius 2 is 2.00 bits per heavy atom. The Hall–Kier alpha value is -2.57. The van der Waals surface area contributed by atoms with Gasteiger partial charge in [0.25, 0.3) is 0 Å². The quantitative estimate of drug-likeness (QED) is 0.634. The number of imidazole rings is 1. The lowest BCUT2D eigenvalue weighted by Crippen LogP contribution is -2.11. The van der Waals surface area contributed by atoms with Gasteiger partial charge in [-0.2, -0.15) is 10.5 Å². The number of carbonyl (C=O) groups is 1. The summed E-state index contributed by atoms with van der Waals surface area (Å²) >= 11 is 1.60. The first kappa shape index (κ1) is 13.9. The molecule has 0 amide bonds. The standard InChI is InChI=1S/C14H10N4OS/c1-20-11-4-2-10(3-5-11)14(19)8-18-9-17-12(6-15)13(18)7-16/h2-5,9H,8H2,1H3. The fourth-order valence-corrected chi connectivity index (χ4v) is 2.13. The van der Waals surface area contributed by atoms with Gasteiger partial charge in [0.2, 0.25) is 0 Å². The molecule has 0 spiro atoms. The van der Waals surface area contributed by atoms with E-state index >= 15 is 0 Å². The molecule has 0 N–H and O–H groups in total. The van der Waals surface area contributed by atoms with Gasteiger partial charge in [-0.15, -0.1) is 11.8 Å². The predicted octanol–water partition coefficient (Wildman–Crippen LogP) is 2.23. The van der Waals surface area contributed by atoms with Gasteiger partial charge in [0.15, 0.2) is 17.2 Å². The highest BCUT2D eigenvalue weighted by molar-refractivity contribution is 7.98. The number of ketones is 1. The number of hydrogen-bond donors (Lipinski definition) is 0. The highest BCUT2D eigenvalue weighted by atomic mass is 32.2. The monoisotopic (exact) mass is 282 g/mol. The Labute approximate surface area is 120 Å². The average molecular weight is 282 g/mol. The van der Waals surface area contributed by atoms with Crippen molar-refractivity contribution in [2.75, 3.05) is 6.26 Å². The SMILES string of the molecule is CSc1ccc(C(=O)Cn2cnc(C#N)c2C#N)cc1. The number of nitrogens with zero attached hydrogens (tertiary/aromatic N) is 4. The molecule has 0 aliphatic heterocycles. The summed E-state index contributed by atoms with van der Waals surface area (Å²) in [5.74, 6) is -0.129. The molecule has 0 bridgehead atoms. The molecule has 0 aliphatic carbocycles. The van der Waals surface area contributed by atoms with E-state index in [4.69, 9.17) is 10.5 Å². The molecule has 1 aromatic carbocycles. The molecule has 2 aromatic rings. The van der Waals surface area contributed by atoms with E-state index in [0.29, 0.717) is 5.56 Å². The third-order valence-corrected chi connectivity index (χ3v) is 3.52. The average Bonchev–Trinajstić information content (AvgIpc) is 2.89. The highest BCUT2D eigenvalue weighted by Gasteiger charge is 2.13. The van der Waals surface area contributed by atoms with Crippen LogP contribution in [0.2, 0.25) is 0 Å². The summed E-state index contributed by atoms with van der Waals surface area (Å²) in [4.78, 5) is 17.0. The lowest BCUT2D eigenvalue weighted by Gasteiger charge is -2.04. The Bertz CT molecular complexity index is 719. The zero-order valence-electron chi connectivity index (χ0n) is 10.7. The third-order valence-electron chi connectivity index (χ3n) is 2.78. The zero-order valence-corrected chi connectivity index (χ0v) is 11.5. The second-order valence-corrected chi connectivity index (χ2v) is 4.82. The first-order valence-electron chi connectivity index (χ1n) is 5.72. The van der Waals surface area contributed by atoms with Gasteiger partial charge in [-0.1, -0.05) is 12.1 Å². The van der Waals surface area contributed by atoms with Crippen LogP contribution in [0.4, 0.5) is 0 Å². The van der Waals surface area contributed by atoms with Gasteiger partial charge in [-0.3, -0.25) is 4.79 Å². The van der Waals surface area contributed by atoms with E-state index in [1.165, 1.54) is 10.9 Å². The maximum Gasteiger partial charge on any atom is 0.182 e. The van der Waals surface area contributed by atoms with Crippen LogP contribution in [0.5, 0.6) is 0 Å². The third kappa shape index (κ3) is 2.71. The molecular formula is C14H10N4OS. The summed E-state index contributed by atoms with van der Waals surface area (Å²) in [6.07, 6.45) is 3.30. The molecule has 2 rings (SSSR count). The largest absolute Gasteiger partial charge is 0.313 e. The number of aromatic nitrogens is 2. The van der Waals surface area contributed by atoms with E-state index in [9.17, 15) is 4.79 Å².